The van der Waals surface area contributed by atoms with E-state index in [-0.39, 0.29) is 0 Å². The molecule has 0 aliphatic carbocycles. The number of pyridine rings is 1. The molecule has 1 aromatic carbocycles. The fraction of sp³-hybridized carbons (Fsp3) is 0.333. The Kier molecular flexibility index (Phi) is 6.47. The molecule has 3 nitrogen and oxygen atoms in total. The van der Waals surface area contributed by atoms with Gasteiger partial charge in [0, 0.05) is 35.1 Å². The van der Waals surface area contributed by atoms with E-state index in [1.54, 1.807) is 18.5 Å². The van der Waals surface area contributed by atoms with Gasteiger partial charge >= 0.3 is 6.18 Å². The van der Waals surface area contributed by atoms with Gasteiger partial charge in [0.15, 0.2) is 0 Å². The first-order chi connectivity index (χ1) is 11.8. The Morgan fingerprint density at radius 3 is 2.60 bits per heavy atom. The molecule has 0 bridgehead atoms. The second-order valence-electron chi connectivity index (χ2n) is 5.53. The topological polar surface area (TPSA) is 37.3 Å². The molecule has 0 atom stereocenters. The highest BCUT2D eigenvalue weighted by atomic mass is 32.2. The normalized spacial score (nSPS) is 12.3. The van der Waals surface area contributed by atoms with E-state index in [2.05, 4.69) is 15.3 Å². The van der Waals surface area contributed by atoms with Crippen LogP contribution in [0.2, 0.25) is 0 Å². The van der Waals surface area contributed by atoms with Crippen molar-refractivity contribution in [2.45, 2.75) is 31.8 Å². The number of nitrogens with one attached hydrogen (secondary N) is 1. The van der Waals surface area contributed by atoms with E-state index in [4.69, 9.17) is 0 Å². The summed E-state index contributed by atoms with van der Waals surface area (Å²) in [6.07, 6.45) is -0.819. The number of hydrogen-bond acceptors (Lipinski definition) is 3. The van der Waals surface area contributed by atoms with E-state index in [0.29, 0.717) is 17.3 Å². The van der Waals surface area contributed by atoms with Crippen LogP contribution in [0, 0.1) is 13.8 Å². The van der Waals surface area contributed by atoms with Gasteiger partial charge in [0.1, 0.15) is 5.84 Å². The van der Waals surface area contributed by atoms with Gasteiger partial charge in [0.25, 0.3) is 0 Å². The third-order valence-corrected chi connectivity index (χ3v) is 4.64. The average molecular weight is 367 g/mol. The number of aryl methyl sites for hydroxylation is 2. The zero-order chi connectivity index (χ0) is 18.4. The van der Waals surface area contributed by atoms with E-state index in [1.165, 1.54) is 0 Å². The van der Waals surface area contributed by atoms with Crippen LogP contribution >= 0.6 is 11.8 Å². The van der Waals surface area contributed by atoms with Crippen molar-refractivity contribution in [2.24, 2.45) is 4.99 Å². The van der Waals surface area contributed by atoms with E-state index in [1.807, 2.05) is 39.0 Å². The van der Waals surface area contributed by atoms with Crippen LogP contribution < -0.4 is 5.32 Å². The number of benzene rings is 1. The first-order valence-corrected chi connectivity index (χ1v) is 8.81. The van der Waals surface area contributed by atoms with Gasteiger partial charge in [-0.3, -0.25) is 9.98 Å². The average Bonchev–Trinajstić information content (AvgIpc) is 2.55. The van der Waals surface area contributed by atoms with Crippen LogP contribution in [-0.2, 0) is 0 Å². The second kappa shape index (κ2) is 8.38. The maximum atomic E-state index is 12.5. The molecule has 0 saturated heterocycles. The molecule has 7 heteroatoms. The minimum Gasteiger partial charge on any atom is -0.340 e. The first-order valence-electron chi connectivity index (χ1n) is 7.83. The molecule has 0 spiro atoms. The number of halogens is 3. The Bertz CT molecular complexity index is 743. The van der Waals surface area contributed by atoms with E-state index < -0.39 is 11.9 Å². The number of hydrogen-bond donors (Lipinski definition) is 1. The monoisotopic (exact) mass is 367 g/mol. The highest BCUT2D eigenvalue weighted by molar-refractivity contribution is 7.99. The molecule has 1 aromatic heterocycles. The largest absolute Gasteiger partial charge is 0.398 e. The molecule has 2 rings (SSSR count). The van der Waals surface area contributed by atoms with Crippen LogP contribution in [0.5, 0.6) is 0 Å². The number of aliphatic imine (C=N–C) groups is 1. The lowest BCUT2D eigenvalue weighted by Crippen LogP contribution is -2.15. The van der Waals surface area contributed by atoms with Crippen molar-refractivity contribution < 1.29 is 13.2 Å². The van der Waals surface area contributed by atoms with Crippen molar-refractivity contribution in [1.29, 1.82) is 0 Å². The van der Waals surface area contributed by atoms with Crippen LogP contribution in [-0.4, -0.2) is 29.3 Å². The quantitative estimate of drug-likeness (QED) is 0.447. The summed E-state index contributed by atoms with van der Waals surface area (Å²) in [6.45, 7) is 6.24. The van der Waals surface area contributed by atoms with E-state index >= 15 is 0 Å². The van der Waals surface area contributed by atoms with Crippen molar-refractivity contribution in [3.63, 3.8) is 0 Å². The molecular formula is C18H20F3N3S. The molecular weight excluding hydrogens is 347 g/mol. The van der Waals surface area contributed by atoms with Crippen molar-refractivity contribution in [3.8, 4) is 0 Å². The lowest BCUT2D eigenvalue weighted by molar-refractivity contribution is -0.105. The number of thioether (sulfide) groups is 1. The Hall–Kier alpha value is -2.02. The zero-order valence-corrected chi connectivity index (χ0v) is 15.1. The van der Waals surface area contributed by atoms with Crippen molar-refractivity contribution in [2.75, 3.05) is 17.6 Å². The van der Waals surface area contributed by atoms with Gasteiger partial charge in [0.05, 0.1) is 5.75 Å². The van der Waals surface area contributed by atoms with Crippen LogP contribution in [0.4, 0.5) is 18.9 Å². The van der Waals surface area contributed by atoms with E-state index in [0.717, 1.165) is 34.1 Å². The molecule has 0 radical (unpaired) electrons. The van der Waals surface area contributed by atoms with Crippen LogP contribution in [0.3, 0.4) is 0 Å². The third-order valence-electron chi connectivity index (χ3n) is 3.42. The van der Waals surface area contributed by atoms with Gasteiger partial charge in [-0.15, -0.1) is 11.8 Å². The first kappa shape index (κ1) is 19.3. The molecule has 0 unspecified atom stereocenters. The standard InChI is InChI=1S/C18H20F3N3S/c1-4-23-17(14-6-5-7-22-10-14)24-15-9-16(13(3)8-12(15)2)25-11-18(19,20)21/h5-10H,4,11H2,1-3H3,(H,23,24). The third kappa shape index (κ3) is 5.77. The van der Waals surface area contributed by atoms with Gasteiger partial charge in [0.2, 0.25) is 0 Å². The van der Waals surface area contributed by atoms with Gasteiger partial charge in [-0.2, -0.15) is 13.2 Å². The minimum atomic E-state index is -4.19. The van der Waals surface area contributed by atoms with Crippen molar-refractivity contribution >= 4 is 23.3 Å². The number of alkyl halides is 3. The molecule has 1 N–H and O–H groups in total. The molecule has 134 valence electrons. The Morgan fingerprint density at radius 2 is 2.00 bits per heavy atom. The number of rotatable bonds is 5. The van der Waals surface area contributed by atoms with Crippen LogP contribution in [0.1, 0.15) is 23.6 Å². The zero-order valence-electron chi connectivity index (χ0n) is 14.3. The highest BCUT2D eigenvalue weighted by Gasteiger charge is 2.27. The highest BCUT2D eigenvalue weighted by Crippen LogP contribution is 2.32. The fourth-order valence-electron chi connectivity index (χ4n) is 2.27. The van der Waals surface area contributed by atoms with Gasteiger partial charge < -0.3 is 5.32 Å². The Balaban J connectivity index is 2.30. The smallest absolute Gasteiger partial charge is 0.340 e. The summed E-state index contributed by atoms with van der Waals surface area (Å²) in [5.41, 5.74) is 3.34. The minimum absolute atomic E-state index is 0.581. The molecule has 0 saturated carbocycles. The van der Waals surface area contributed by atoms with Gasteiger partial charge in [-0.1, -0.05) is 6.07 Å². The maximum absolute atomic E-state index is 12.5. The SMILES string of the molecule is CCN=C(Nc1cc(SCC(F)(F)F)c(C)cc1C)c1cccnc1. The molecule has 25 heavy (non-hydrogen) atoms. The second-order valence-corrected chi connectivity index (χ2v) is 6.54. The van der Waals surface area contributed by atoms with Crippen LogP contribution in [0.25, 0.3) is 0 Å². The summed E-state index contributed by atoms with van der Waals surface area (Å²) in [6, 6.07) is 7.34. The summed E-state index contributed by atoms with van der Waals surface area (Å²) in [5, 5.41) is 3.24. The summed E-state index contributed by atoms with van der Waals surface area (Å²) in [7, 11) is 0. The fourth-order valence-corrected chi connectivity index (χ4v) is 3.08. The summed E-state index contributed by atoms with van der Waals surface area (Å²) in [5.74, 6) is -0.260. The predicted molar refractivity (Wildman–Crippen MR) is 97.6 cm³/mol. The molecule has 0 amide bonds. The van der Waals surface area contributed by atoms with Crippen molar-refractivity contribution in [3.05, 3.63) is 53.3 Å². The molecule has 0 aliphatic heterocycles. The lowest BCUT2D eigenvalue weighted by atomic mass is 10.1. The molecule has 0 fully saturated rings. The van der Waals surface area contributed by atoms with Gasteiger partial charge in [-0.05, 0) is 50.1 Å². The molecule has 2 aromatic rings. The van der Waals surface area contributed by atoms with Crippen molar-refractivity contribution in [1.82, 2.24) is 4.98 Å². The number of nitrogens with zero attached hydrogens (tertiary/aromatic N) is 2. The predicted octanol–water partition coefficient (Wildman–Crippen LogP) is 5.23. The van der Waals surface area contributed by atoms with Crippen LogP contribution in [0.15, 0.2) is 46.5 Å². The summed E-state index contributed by atoms with van der Waals surface area (Å²) < 4.78 is 37.6. The van der Waals surface area contributed by atoms with E-state index in [9.17, 15) is 13.2 Å². The Morgan fingerprint density at radius 1 is 1.24 bits per heavy atom. The molecule has 1 heterocycles. The Labute approximate surface area is 149 Å². The lowest BCUT2D eigenvalue weighted by Gasteiger charge is -2.16. The number of aromatic nitrogens is 1. The summed E-state index contributed by atoms with van der Waals surface area (Å²) >= 11 is 0.796. The molecule has 0 aliphatic rings. The summed E-state index contributed by atoms with van der Waals surface area (Å²) in [4.78, 5) is 9.14. The maximum Gasteiger partial charge on any atom is 0.398 e. The number of amidine groups is 1. The number of anilines is 1. The van der Waals surface area contributed by atoms with Gasteiger partial charge in [-0.25, -0.2) is 0 Å².